The largest absolute Gasteiger partial charge is 0.450 e. The molecule has 284 valence electrons. The molecular formula is C45H59F3O4. The molecule has 1 atom stereocenters. The third kappa shape index (κ3) is 17.1. The minimum Gasteiger partial charge on any atom is -0.450 e. The molecule has 0 saturated heterocycles. The summed E-state index contributed by atoms with van der Waals surface area (Å²) in [4.78, 5) is 24.9. The molecule has 0 radical (unpaired) electrons. The number of rotatable bonds is 25. The average Bonchev–Trinajstić information content (AvgIpc) is 3.14. The van der Waals surface area contributed by atoms with Crippen molar-refractivity contribution in [3.8, 4) is 16.9 Å². The Morgan fingerprint density at radius 3 is 1.62 bits per heavy atom. The molecule has 0 aliphatic carbocycles. The Bertz CT molecular complexity index is 1440. The first-order valence-corrected chi connectivity index (χ1v) is 19.7. The van der Waals surface area contributed by atoms with Crippen molar-refractivity contribution >= 4 is 18.0 Å². The fraction of sp³-hybridized carbons (Fsp3) is 0.511. The highest BCUT2D eigenvalue weighted by Crippen LogP contribution is 2.28. The molecule has 3 rings (SSSR count). The van der Waals surface area contributed by atoms with Crippen molar-refractivity contribution in [3.63, 3.8) is 0 Å². The van der Waals surface area contributed by atoms with Gasteiger partial charge in [0.2, 0.25) is 0 Å². The van der Waals surface area contributed by atoms with Gasteiger partial charge in [-0.25, -0.2) is 9.59 Å². The van der Waals surface area contributed by atoms with E-state index in [1.807, 2.05) is 19.1 Å². The summed E-state index contributed by atoms with van der Waals surface area (Å²) in [5, 5.41) is 0. The Morgan fingerprint density at radius 2 is 1.10 bits per heavy atom. The molecule has 0 amide bonds. The van der Waals surface area contributed by atoms with E-state index < -0.39 is 24.2 Å². The molecule has 0 saturated carbocycles. The van der Waals surface area contributed by atoms with E-state index in [2.05, 4.69) is 31.2 Å². The normalized spacial score (nSPS) is 12.2. The Hall–Kier alpha value is -3.87. The van der Waals surface area contributed by atoms with E-state index in [1.165, 1.54) is 88.7 Å². The summed E-state index contributed by atoms with van der Waals surface area (Å²) in [7, 11) is 0. The molecule has 0 bridgehead atoms. The van der Waals surface area contributed by atoms with Gasteiger partial charge in [-0.05, 0) is 78.3 Å². The highest BCUT2D eigenvalue weighted by molar-refractivity contribution is 5.91. The van der Waals surface area contributed by atoms with Crippen molar-refractivity contribution in [2.75, 3.05) is 0 Å². The van der Waals surface area contributed by atoms with Crippen LogP contribution in [0.4, 0.5) is 13.2 Å². The maximum Gasteiger partial charge on any atom is 0.425 e. The molecule has 4 nitrogen and oxygen atoms in total. The third-order valence-electron chi connectivity index (χ3n) is 9.42. The monoisotopic (exact) mass is 720 g/mol. The van der Waals surface area contributed by atoms with Gasteiger partial charge in [0.15, 0.2) is 6.10 Å². The number of hydrogen-bond acceptors (Lipinski definition) is 4. The maximum absolute atomic E-state index is 13.4. The molecule has 0 aliphatic rings. The number of carbonyl (C=O) groups is 2. The zero-order valence-corrected chi connectivity index (χ0v) is 31.4. The molecule has 52 heavy (non-hydrogen) atoms. The second-order valence-electron chi connectivity index (χ2n) is 13.9. The van der Waals surface area contributed by atoms with E-state index in [1.54, 1.807) is 36.4 Å². The molecule has 3 aromatic carbocycles. The molecule has 7 heteroatoms. The van der Waals surface area contributed by atoms with E-state index in [0.717, 1.165) is 42.9 Å². The number of aryl methyl sites for hydroxylation is 1. The number of halogens is 3. The lowest BCUT2D eigenvalue weighted by molar-refractivity contribution is -0.220. The van der Waals surface area contributed by atoms with Gasteiger partial charge in [0, 0.05) is 6.08 Å². The Labute approximate surface area is 310 Å². The Morgan fingerprint density at radius 1 is 0.615 bits per heavy atom. The van der Waals surface area contributed by atoms with E-state index in [-0.39, 0.29) is 6.42 Å². The van der Waals surface area contributed by atoms with Crippen LogP contribution in [0.5, 0.6) is 5.75 Å². The first kappa shape index (κ1) is 42.5. The second kappa shape index (κ2) is 24.4. The van der Waals surface area contributed by atoms with Gasteiger partial charge < -0.3 is 9.47 Å². The first-order chi connectivity index (χ1) is 25.2. The predicted octanol–water partition coefficient (Wildman–Crippen LogP) is 13.7. The van der Waals surface area contributed by atoms with Crippen LogP contribution >= 0.6 is 0 Å². The van der Waals surface area contributed by atoms with Gasteiger partial charge in [0.05, 0.1) is 5.56 Å². The fourth-order valence-electron chi connectivity index (χ4n) is 6.21. The maximum atomic E-state index is 13.4. The number of alkyl halides is 3. The highest BCUT2D eigenvalue weighted by Gasteiger charge is 2.42. The van der Waals surface area contributed by atoms with E-state index in [9.17, 15) is 22.8 Å². The standard InChI is InChI=1S/C45H59F3O4/c1-3-5-7-9-10-11-12-13-14-15-17-18-20-36-22-27-38(28-23-36)39-29-31-40(32-30-39)44(50)51-41-33-24-37(25-34-41)26-35-43(49)52-42(45(46,47)48)21-19-16-8-6-4-2/h22-35,42H,3-21H2,1-2H3/t42-/m1/s1. The lowest BCUT2D eigenvalue weighted by Gasteiger charge is -2.19. The van der Waals surface area contributed by atoms with Crippen LogP contribution in [0.2, 0.25) is 0 Å². The van der Waals surface area contributed by atoms with Gasteiger partial charge in [0.1, 0.15) is 5.75 Å². The molecule has 3 aromatic rings. The summed E-state index contributed by atoms with van der Waals surface area (Å²) in [6, 6.07) is 22.2. The number of carbonyl (C=O) groups excluding carboxylic acids is 2. The molecule has 0 aromatic heterocycles. The highest BCUT2D eigenvalue weighted by atomic mass is 19.4. The van der Waals surface area contributed by atoms with Crippen LogP contribution in [0.3, 0.4) is 0 Å². The SMILES string of the molecule is CCCCCCCCCCCCCCc1ccc(-c2ccc(C(=O)Oc3ccc(C=CC(=O)O[C@H](CCCCCCC)C(F)(F)F)cc3)cc2)cc1. The van der Waals surface area contributed by atoms with Crippen LogP contribution in [0.15, 0.2) is 78.9 Å². The quantitative estimate of drug-likeness (QED) is 0.0378. The number of hydrogen-bond donors (Lipinski definition) is 0. The molecule has 0 N–H and O–H groups in total. The van der Waals surface area contributed by atoms with Gasteiger partial charge in [-0.2, -0.15) is 13.2 Å². The fourth-order valence-corrected chi connectivity index (χ4v) is 6.21. The van der Waals surface area contributed by atoms with Crippen LogP contribution in [-0.2, 0) is 16.0 Å². The van der Waals surface area contributed by atoms with Crippen LogP contribution < -0.4 is 4.74 Å². The van der Waals surface area contributed by atoms with Crippen LogP contribution in [-0.4, -0.2) is 24.2 Å². The smallest absolute Gasteiger partial charge is 0.425 e. The van der Waals surface area contributed by atoms with Gasteiger partial charge in [-0.15, -0.1) is 0 Å². The van der Waals surface area contributed by atoms with Gasteiger partial charge in [-0.3, -0.25) is 0 Å². The minimum atomic E-state index is -4.61. The zero-order chi connectivity index (χ0) is 37.4. The number of unbranched alkanes of at least 4 members (excludes halogenated alkanes) is 15. The van der Waals surface area contributed by atoms with Crippen molar-refractivity contribution in [2.45, 2.75) is 148 Å². The summed E-state index contributed by atoms with van der Waals surface area (Å²) >= 11 is 0. The molecule has 0 spiro atoms. The lowest BCUT2D eigenvalue weighted by Crippen LogP contribution is -2.33. The Balaban J connectivity index is 1.38. The van der Waals surface area contributed by atoms with E-state index in [0.29, 0.717) is 29.7 Å². The number of benzene rings is 3. The Kier molecular flexibility index (Phi) is 20.0. The molecular weight excluding hydrogens is 661 g/mol. The van der Waals surface area contributed by atoms with Gasteiger partial charge >= 0.3 is 18.1 Å². The number of ether oxygens (including phenoxy) is 2. The second-order valence-corrected chi connectivity index (χ2v) is 13.9. The summed E-state index contributed by atoms with van der Waals surface area (Å²) < 4.78 is 50.3. The van der Waals surface area contributed by atoms with Crippen LogP contribution in [0.25, 0.3) is 17.2 Å². The van der Waals surface area contributed by atoms with Crippen molar-refractivity contribution in [3.05, 3.63) is 95.6 Å². The number of esters is 2. The third-order valence-corrected chi connectivity index (χ3v) is 9.42. The van der Waals surface area contributed by atoms with E-state index in [4.69, 9.17) is 9.47 Å². The lowest BCUT2D eigenvalue weighted by atomic mass is 10.00. The predicted molar refractivity (Wildman–Crippen MR) is 206 cm³/mol. The first-order valence-electron chi connectivity index (χ1n) is 19.7. The van der Waals surface area contributed by atoms with Crippen molar-refractivity contribution in [2.24, 2.45) is 0 Å². The summed E-state index contributed by atoms with van der Waals surface area (Å²) in [5.74, 6) is -1.26. The van der Waals surface area contributed by atoms with Crippen LogP contribution in [0, 0.1) is 0 Å². The minimum absolute atomic E-state index is 0.248. The summed E-state index contributed by atoms with van der Waals surface area (Å²) in [6.07, 6.45) is 16.5. The van der Waals surface area contributed by atoms with Crippen molar-refractivity contribution < 1.29 is 32.2 Å². The molecule has 0 aliphatic heterocycles. The van der Waals surface area contributed by atoms with Gasteiger partial charge in [-0.1, -0.05) is 159 Å². The van der Waals surface area contributed by atoms with E-state index >= 15 is 0 Å². The summed E-state index contributed by atoms with van der Waals surface area (Å²) in [5.41, 5.74) is 4.39. The molecule has 0 fully saturated rings. The average molecular weight is 721 g/mol. The summed E-state index contributed by atoms with van der Waals surface area (Å²) in [6.45, 7) is 4.30. The zero-order valence-electron chi connectivity index (χ0n) is 31.4. The van der Waals surface area contributed by atoms with Gasteiger partial charge in [0.25, 0.3) is 0 Å². The van der Waals surface area contributed by atoms with Crippen molar-refractivity contribution in [1.29, 1.82) is 0 Å². The van der Waals surface area contributed by atoms with Crippen molar-refractivity contribution in [1.82, 2.24) is 0 Å². The van der Waals surface area contributed by atoms with Crippen LogP contribution in [0.1, 0.15) is 151 Å². The molecule has 0 unspecified atom stereocenters. The molecule has 0 heterocycles. The topological polar surface area (TPSA) is 52.6 Å².